The van der Waals surface area contributed by atoms with E-state index in [0.29, 0.717) is 6.54 Å². The number of rotatable bonds is 7. The van der Waals surface area contributed by atoms with E-state index in [2.05, 4.69) is 43.1 Å². The Labute approximate surface area is 98.6 Å². The molecule has 1 unspecified atom stereocenters. The van der Waals surface area contributed by atoms with Gasteiger partial charge in [0.05, 0.1) is 0 Å². The predicted octanol–water partition coefficient (Wildman–Crippen LogP) is 2.11. The van der Waals surface area contributed by atoms with Crippen LogP contribution in [0.5, 0.6) is 0 Å². The van der Waals surface area contributed by atoms with Gasteiger partial charge in [-0.1, -0.05) is 43.3 Å². The van der Waals surface area contributed by atoms with Gasteiger partial charge in [-0.25, -0.2) is 0 Å². The molecule has 0 spiro atoms. The highest BCUT2D eigenvalue weighted by atomic mass is 15.0. The van der Waals surface area contributed by atoms with Gasteiger partial charge in [-0.15, -0.1) is 6.58 Å². The summed E-state index contributed by atoms with van der Waals surface area (Å²) in [7, 11) is 0. The molecule has 2 heteroatoms. The Balaban J connectivity index is 2.74. The molecular weight excluding hydrogens is 196 g/mol. The van der Waals surface area contributed by atoms with Gasteiger partial charge in [0, 0.05) is 18.6 Å². The third-order valence-electron chi connectivity index (χ3n) is 3.01. The molecular formula is C14H22N2. The first kappa shape index (κ1) is 12.9. The van der Waals surface area contributed by atoms with Crippen molar-refractivity contribution in [1.29, 1.82) is 0 Å². The Hall–Kier alpha value is -1.12. The molecule has 2 nitrogen and oxygen atoms in total. The van der Waals surface area contributed by atoms with Gasteiger partial charge in [-0.05, 0) is 18.4 Å². The summed E-state index contributed by atoms with van der Waals surface area (Å²) in [6.45, 7) is 7.61. The van der Waals surface area contributed by atoms with E-state index >= 15 is 0 Å². The Morgan fingerprint density at radius 3 is 2.56 bits per heavy atom. The second-order valence-corrected chi connectivity index (χ2v) is 4.09. The van der Waals surface area contributed by atoms with Crippen LogP contribution in [0.25, 0.3) is 0 Å². The number of hydrogen-bond acceptors (Lipinski definition) is 2. The van der Waals surface area contributed by atoms with Crippen LogP contribution in [0.3, 0.4) is 0 Å². The van der Waals surface area contributed by atoms with E-state index in [1.54, 1.807) is 0 Å². The molecule has 3 N–H and O–H groups in total. The lowest BCUT2D eigenvalue weighted by Gasteiger charge is -2.31. The highest BCUT2D eigenvalue weighted by Gasteiger charge is 2.23. The highest BCUT2D eigenvalue weighted by molar-refractivity contribution is 5.20. The van der Waals surface area contributed by atoms with Crippen LogP contribution in [0.2, 0.25) is 0 Å². The van der Waals surface area contributed by atoms with Crippen LogP contribution in [-0.2, 0) is 6.42 Å². The van der Waals surface area contributed by atoms with E-state index in [0.717, 1.165) is 19.4 Å². The van der Waals surface area contributed by atoms with Gasteiger partial charge in [-0.3, -0.25) is 0 Å². The van der Waals surface area contributed by atoms with E-state index in [-0.39, 0.29) is 5.54 Å². The van der Waals surface area contributed by atoms with Crippen molar-refractivity contribution < 1.29 is 0 Å². The SMILES string of the molecule is C=CC(CC)(Cc1ccccc1)NCCN. The normalized spacial score (nSPS) is 14.4. The molecule has 0 saturated heterocycles. The Bertz CT molecular complexity index is 308. The van der Waals surface area contributed by atoms with E-state index in [1.807, 2.05) is 12.1 Å². The van der Waals surface area contributed by atoms with Crippen LogP contribution in [0.4, 0.5) is 0 Å². The van der Waals surface area contributed by atoms with Crippen LogP contribution >= 0.6 is 0 Å². The van der Waals surface area contributed by atoms with Gasteiger partial charge in [0.25, 0.3) is 0 Å². The second kappa shape index (κ2) is 6.46. The Morgan fingerprint density at radius 1 is 1.38 bits per heavy atom. The van der Waals surface area contributed by atoms with E-state index < -0.39 is 0 Å². The Morgan fingerprint density at radius 2 is 2.06 bits per heavy atom. The first-order valence-electron chi connectivity index (χ1n) is 5.89. The van der Waals surface area contributed by atoms with Crippen LogP contribution in [0.1, 0.15) is 18.9 Å². The molecule has 0 fully saturated rings. The zero-order chi connectivity index (χ0) is 11.9. The van der Waals surface area contributed by atoms with Gasteiger partial charge >= 0.3 is 0 Å². The number of hydrogen-bond donors (Lipinski definition) is 2. The molecule has 0 aliphatic rings. The van der Waals surface area contributed by atoms with Crippen molar-refractivity contribution in [3.63, 3.8) is 0 Å². The minimum atomic E-state index is -0.0271. The first-order chi connectivity index (χ1) is 7.76. The lowest BCUT2D eigenvalue weighted by molar-refractivity contribution is 0.391. The summed E-state index contributed by atoms with van der Waals surface area (Å²) in [5, 5.41) is 3.49. The minimum absolute atomic E-state index is 0.0271. The molecule has 1 rings (SSSR count). The quantitative estimate of drug-likeness (QED) is 0.688. The number of nitrogens with two attached hydrogens (primary N) is 1. The molecule has 0 amide bonds. The zero-order valence-corrected chi connectivity index (χ0v) is 10.1. The fourth-order valence-electron chi connectivity index (χ4n) is 1.88. The van der Waals surface area contributed by atoms with Crippen molar-refractivity contribution in [2.24, 2.45) is 5.73 Å². The summed E-state index contributed by atoms with van der Waals surface area (Å²) < 4.78 is 0. The van der Waals surface area contributed by atoms with Crippen LogP contribution < -0.4 is 11.1 Å². The lowest BCUT2D eigenvalue weighted by Crippen LogP contribution is -2.46. The average Bonchev–Trinajstić information content (AvgIpc) is 2.36. The van der Waals surface area contributed by atoms with Crippen LogP contribution in [0.15, 0.2) is 43.0 Å². The molecule has 1 atom stereocenters. The molecule has 0 heterocycles. The van der Waals surface area contributed by atoms with Gasteiger partial charge in [-0.2, -0.15) is 0 Å². The number of nitrogens with one attached hydrogen (secondary N) is 1. The van der Waals surface area contributed by atoms with Crippen molar-refractivity contribution in [1.82, 2.24) is 5.32 Å². The van der Waals surface area contributed by atoms with Crippen LogP contribution in [-0.4, -0.2) is 18.6 Å². The summed E-state index contributed by atoms with van der Waals surface area (Å²) in [6, 6.07) is 10.5. The Kier molecular flexibility index (Phi) is 5.23. The third-order valence-corrected chi connectivity index (χ3v) is 3.01. The summed E-state index contributed by atoms with van der Waals surface area (Å²) in [4.78, 5) is 0. The van der Waals surface area contributed by atoms with Gasteiger partial charge in [0.1, 0.15) is 0 Å². The molecule has 0 aliphatic heterocycles. The van der Waals surface area contributed by atoms with Crippen molar-refractivity contribution in [3.05, 3.63) is 48.6 Å². The standard InChI is InChI=1S/C14H22N2/c1-3-14(4-2,16-11-10-15)12-13-8-6-5-7-9-13/h3,5-9,16H,1,4,10-12,15H2,2H3. The van der Waals surface area contributed by atoms with E-state index in [9.17, 15) is 0 Å². The van der Waals surface area contributed by atoms with Crippen molar-refractivity contribution in [2.45, 2.75) is 25.3 Å². The lowest BCUT2D eigenvalue weighted by atomic mass is 9.88. The fourth-order valence-corrected chi connectivity index (χ4v) is 1.88. The topological polar surface area (TPSA) is 38.0 Å². The maximum atomic E-state index is 5.54. The predicted molar refractivity (Wildman–Crippen MR) is 70.4 cm³/mol. The molecule has 0 saturated carbocycles. The van der Waals surface area contributed by atoms with Gasteiger partial charge < -0.3 is 11.1 Å². The summed E-state index contributed by atoms with van der Waals surface area (Å²) in [5.74, 6) is 0. The summed E-state index contributed by atoms with van der Waals surface area (Å²) in [6.07, 6.45) is 3.99. The largest absolute Gasteiger partial charge is 0.329 e. The van der Waals surface area contributed by atoms with Gasteiger partial charge in [0.2, 0.25) is 0 Å². The fraction of sp³-hybridized carbons (Fsp3) is 0.429. The molecule has 88 valence electrons. The smallest absolute Gasteiger partial charge is 0.0400 e. The summed E-state index contributed by atoms with van der Waals surface area (Å²) >= 11 is 0. The van der Waals surface area contributed by atoms with Gasteiger partial charge in [0.15, 0.2) is 0 Å². The zero-order valence-electron chi connectivity index (χ0n) is 10.1. The van der Waals surface area contributed by atoms with E-state index in [4.69, 9.17) is 5.73 Å². The second-order valence-electron chi connectivity index (χ2n) is 4.09. The monoisotopic (exact) mass is 218 g/mol. The average molecular weight is 218 g/mol. The van der Waals surface area contributed by atoms with Crippen molar-refractivity contribution in [2.75, 3.05) is 13.1 Å². The molecule has 0 aromatic heterocycles. The van der Waals surface area contributed by atoms with E-state index in [1.165, 1.54) is 5.56 Å². The van der Waals surface area contributed by atoms with Crippen LogP contribution in [0, 0.1) is 0 Å². The molecule has 0 aliphatic carbocycles. The maximum absolute atomic E-state index is 5.54. The highest BCUT2D eigenvalue weighted by Crippen LogP contribution is 2.18. The summed E-state index contributed by atoms with van der Waals surface area (Å²) in [5.41, 5.74) is 6.84. The molecule has 1 aromatic rings. The first-order valence-corrected chi connectivity index (χ1v) is 5.89. The molecule has 1 aromatic carbocycles. The third kappa shape index (κ3) is 3.47. The minimum Gasteiger partial charge on any atom is -0.329 e. The number of benzene rings is 1. The van der Waals surface area contributed by atoms with Crippen molar-refractivity contribution >= 4 is 0 Å². The molecule has 0 radical (unpaired) electrons. The molecule has 0 bridgehead atoms. The maximum Gasteiger partial charge on any atom is 0.0400 e. The molecule has 16 heavy (non-hydrogen) atoms. The van der Waals surface area contributed by atoms with Crippen molar-refractivity contribution in [3.8, 4) is 0 Å².